The average Bonchev–Trinajstić information content (AvgIpc) is 2.94. The van der Waals surface area contributed by atoms with Crippen LogP contribution in [-0.4, -0.2) is 5.11 Å². The monoisotopic (exact) mass is 472 g/mol. The first-order chi connectivity index (χ1) is 17.8. The summed E-state index contributed by atoms with van der Waals surface area (Å²) in [6.45, 7) is 1.49. The van der Waals surface area contributed by atoms with Crippen molar-refractivity contribution in [3.63, 3.8) is 0 Å². The van der Waals surface area contributed by atoms with E-state index in [1.165, 1.54) is 16.7 Å². The second kappa shape index (κ2) is 11.7. The maximum atomic E-state index is 11.1. The molecule has 5 aromatic carbocycles. The summed E-state index contributed by atoms with van der Waals surface area (Å²) in [6.07, 6.45) is 0.783. The Morgan fingerprint density at radius 1 is 0.528 bits per heavy atom. The Morgan fingerprint density at radius 2 is 1.06 bits per heavy atom. The average molecular weight is 473 g/mol. The van der Waals surface area contributed by atoms with Gasteiger partial charge in [0.25, 0.3) is 0 Å². The molecule has 0 fully saturated rings. The molecule has 3 N–H and O–H groups in total. The molecule has 0 heterocycles. The molecule has 0 spiro atoms. The molecular weight excluding hydrogens is 440 g/mol. The van der Waals surface area contributed by atoms with Crippen molar-refractivity contribution in [3.8, 4) is 5.75 Å². The summed E-state index contributed by atoms with van der Waals surface area (Å²) in [7, 11) is 0. The quantitative estimate of drug-likeness (QED) is 0.200. The fraction of sp³-hybridized carbons (Fsp3) is 0.152. The van der Waals surface area contributed by atoms with Crippen molar-refractivity contribution in [2.75, 3.05) is 0 Å². The normalized spacial score (nSPS) is 12.9. The maximum Gasteiger partial charge on any atom is 0.120 e. The van der Waals surface area contributed by atoms with Crippen molar-refractivity contribution >= 4 is 10.8 Å². The van der Waals surface area contributed by atoms with E-state index in [2.05, 4.69) is 102 Å². The Kier molecular flexibility index (Phi) is 7.72. The molecule has 5 aromatic rings. The third-order valence-electron chi connectivity index (χ3n) is 6.76. The molecule has 5 rings (SSSR count). The molecular formula is C33H32N2O. The highest BCUT2D eigenvalue weighted by Crippen LogP contribution is 2.37. The minimum atomic E-state index is -0.0650. The Morgan fingerprint density at radius 3 is 1.69 bits per heavy atom. The number of phenolic OH excluding ortho intramolecular Hbond substituents is 1. The van der Waals surface area contributed by atoms with Crippen molar-refractivity contribution in [2.24, 2.45) is 0 Å². The molecule has 0 unspecified atom stereocenters. The summed E-state index contributed by atoms with van der Waals surface area (Å²) < 4.78 is 0. The SMILES string of the molecule is Oc1ccc2ccccc2c1[C@@H](C[C@@H](NCc1ccccc1)c1ccccc1)NCc1ccccc1. The predicted molar refractivity (Wildman–Crippen MR) is 149 cm³/mol. The molecule has 0 aliphatic heterocycles. The van der Waals surface area contributed by atoms with E-state index in [-0.39, 0.29) is 12.1 Å². The van der Waals surface area contributed by atoms with E-state index >= 15 is 0 Å². The molecule has 0 saturated heterocycles. The number of fused-ring (bicyclic) bond motifs is 1. The first kappa shape index (κ1) is 23.8. The van der Waals surface area contributed by atoms with Crippen LogP contribution in [0.5, 0.6) is 5.75 Å². The zero-order valence-electron chi connectivity index (χ0n) is 20.3. The lowest BCUT2D eigenvalue weighted by Crippen LogP contribution is -2.29. The summed E-state index contributed by atoms with van der Waals surface area (Å²) in [5.41, 5.74) is 4.65. The van der Waals surface area contributed by atoms with Gasteiger partial charge in [-0.1, -0.05) is 121 Å². The van der Waals surface area contributed by atoms with Crippen LogP contribution in [0.25, 0.3) is 10.8 Å². The van der Waals surface area contributed by atoms with Gasteiger partial charge in [-0.25, -0.2) is 0 Å². The standard InChI is InChI=1S/C33H32N2O/c36-32-21-20-27-16-10-11-19-29(27)33(32)31(35-24-26-14-6-2-7-15-26)22-30(28-17-8-3-9-18-28)34-23-25-12-4-1-5-13-25/h1-21,30-31,34-36H,22-24H2/t30-,31-/m1/s1. The van der Waals surface area contributed by atoms with Crippen LogP contribution in [0.15, 0.2) is 127 Å². The van der Waals surface area contributed by atoms with Crippen LogP contribution in [0.3, 0.4) is 0 Å². The second-order valence-electron chi connectivity index (χ2n) is 9.20. The molecule has 0 saturated carbocycles. The van der Waals surface area contributed by atoms with Crippen LogP contribution < -0.4 is 10.6 Å². The topological polar surface area (TPSA) is 44.3 Å². The van der Waals surface area contributed by atoms with E-state index in [1.54, 1.807) is 0 Å². The Labute approximate surface area is 213 Å². The summed E-state index contributed by atoms with van der Waals surface area (Å²) in [5, 5.41) is 20.9. The van der Waals surface area contributed by atoms with Crippen molar-refractivity contribution in [1.82, 2.24) is 10.6 Å². The van der Waals surface area contributed by atoms with Crippen LogP contribution >= 0.6 is 0 Å². The van der Waals surface area contributed by atoms with E-state index in [0.717, 1.165) is 29.3 Å². The molecule has 0 aliphatic rings. The fourth-order valence-electron chi connectivity index (χ4n) is 4.89. The lowest BCUT2D eigenvalue weighted by Gasteiger charge is -2.28. The van der Waals surface area contributed by atoms with Crippen LogP contribution in [0.4, 0.5) is 0 Å². The number of phenols is 1. The summed E-state index contributed by atoms with van der Waals surface area (Å²) in [6, 6.07) is 43.7. The third-order valence-corrected chi connectivity index (χ3v) is 6.76. The molecule has 0 aromatic heterocycles. The van der Waals surface area contributed by atoms with Crippen LogP contribution in [-0.2, 0) is 13.1 Å². The summed E-state index contributed by atoms with van der Waals surface area (Å²) in [5.74, 6) is 0.328. The highest BCUT2D eigenvalue weighted by Gasteiger charge is 2.23. The molecule has 36 heavy (non-hydrogen) atoms. The highest BCUT2D eigenvalue weighted by molar-refractivity contribution is 5.88. The van der Waals surface area contributed by atoms with Gasteiger partial charge in [0, 0.05) is 30.7 Å². The lowest BCUT2D eigenvalue weighted by molar-refractivity contribution is 0.389. The molecule has 0 aliphatic carbocycles. The van der Waals surface area contributed by atoms with E-state index < -0.39 is 0 Å². The lowest BCUT2D eigenvalue weighted by atomic mass is 9.90. The Hall–Kier alpha value is -3.92. The largest absolute Gasteiger partial charge is 0.508 e. The number of rotatable bonds is 10. The van der Waals surface area contributed by atoms with Crippen LogP contribution in [0.1, 0.15) is 40.8 Å². The van der Waals surface area contributed by atoms with Gasteiger partial charge in [0.2, 0.25) is 0 Å². The van der Waals surface area contributed by atoms with Gasteiger partial charge < -0.3 is 15.7 Å². The molecule has 0 bridgehead atoms. The molecule has 3 heteroatoms. The molecule has 2 atom stereocenters. The van der Waals surface area contributed by atoms with Gasteiger partial charge in [-0.15, -0.1) is 0 Å². The fourth-order valence-corrected chi connectivity index (χ4v) is 4.89. The van der Waals surface area contributed by atoms with E-state index in [0.29, 0.717) is 12.3 Å². The van der Waals surface area contributed by atoms with Gasteiger partial charge in [0.05, 0.1) is 0 Å². The van der Waals surface area contributed by atoms with Crippen LogP contribution in [0.2, 0.25) is 0 Å². The van der Waals surface area contributed by atoms with Gasteiger partial charge in [-0.05, 0) is 39.9 Å². The summed E-state index contributed by atoms with van der Waals surface area (Å²) in [4.78, 5) is 0. The number of hydrogen-bond donors (Lipinski definition) is 3. The van der Waals surface area contributed by atoms with E-state index in [1.807, 2.05) is 36.4 Å². The molecule has 180 valence electrons. The molecule has 0 radical (unpaired) electrons. The zero-order valence-corrected chi connectivity index (χ0v) is 20.3. The molecule has 0 amide bonds. The number of aromatic hydroxyl groups is 1. The number of nitrogens with one attached hydrogen (secondary N) is 2. The van der Waals surface area contributed by atoms with Gasteiger partial charge in [-0.2, -0.15) is 0 Å². The van der Waals surface area contributed by atoms with E-state index in [4.69, 9.17) is 0 Å². The van der Waals surface area contributed by atoms with Crippen LogP contribution in [0, 0.1) is 0 Å². The van der Waals surface area contributed by atoms with Crippen molar-refractivity contribution in [2.45, 2.75) is 31.6 Å². The first-order valence-electron chi connectivity index (χ1n) is 12.6. The second-order valence-corrected chi connectivity index (χ2v) is 9.20. The van der Waals surface area contributed by atoms with Crippen molar-refractivity contribution in [1.29, 1.82) is 0 Å². The molecule has 3 nitrogen and oxygen atoms in total. The summed E-state index contributed by atoms with van der Waals surface area (Å²) >= 11 is 0. The van der Waals surface area contributed by atoms with Gasteiger partial charge in [0.15, 0.2) is 0 Å². The van der Waals surface area contributed by atoms with E-state index in [9.17, 15) is 5.11 Å². The predicted octanol–water partition coefficient (Wildman–Crippen LogP) is 7.30. The van der Waals surface area contributed by atoms with Gasteiger partial charge >= 0.3 is 0 Å². The van der Waals surface area contributed by atoms with Crippen molar-refractivity contribution < 1.29 is 5.11 Å². The Bertz CT molecular complexity index is 1370. The zero-order chi connectivity index (χ0) is 24.6. The minimum absolute atomic E-state index is 0.0650. The highest BCUT2D eigenvalue weighted by atomic mass is 16.3. The van der Waals surface area contributed by atoms with Gasteiger partial charge in [-0.3, -0.25) is 0 Å². The number of benzene rings is 5. The maximum absolute atomic E-state index is 11.1. The number of hydrogen-bond acceptors (Lipinski definition) is 3. The Balaban J connectivity index is 1.50. The van der Waals surface area contributed by atoms with Gasteiger partial charge in [0.1, 0.15) is 5.75 Å². The third kappa shape index (κ3) is 5.83. The first-order valence-corrected chi connectivity index (χ1v) is 12.6. The minimum Gasteiger partial charge on any atom is -0.508 e. The smallest absolute Gasteiger partial charge is 0.120 e. The van der Waals surface area contributed by atoms with Crippen molar-refractivity contribution in [3.05, 3.63) is 150 Å².